The van der Waals surface area contributed by atoms with E-state index < -0.39 is 0 Å². The Bertz CT molecular complexity index is 615. The van der Waals surface area contributed by atoms with Gasteiger partial charge in [0, 0.05) is 26.2 Å². The molecular formula is C20H29N3O2. The summed E-state index contributed by atoms with van der Waals surface area (Å²) >= 11 is 0. The van der Waals surface area contributed by atoms with Gasteiger partial charge in [-0.3, -0.25) is 14.6 Å². The minimum atomic E-state index is -0.266. The number of rotatable bonds is 4. The zero-order chi connectivity index (χ0) is 17.4. The van der Waals surface area contributed by atoms with Crippen molar-refractivity contribution >= 4 is 5.91 Å². The average Bonchev–Trinajstić information content (AvgIpc) is 2.99. The summed E-state index contributed by atoms with van der Waals surface area (Å²) < 4.78 is 6.03. The standard InChI is InChI=1S/C20H29N3O2/c1-21(2)20(9-6-10-20)19(24)23-14-17-18(15-23)25-12-11-22(17)13-16-7-4-3-5-8-16/h3-5,7-8,17-18H,6,9-15H2,1-2H3. The van der Waals surface area contributed by atoms with Crippen LogP contribution in [0.1, 0.15) is 24.8 Å². The van der Waals surface area contributed by atoms with Gasteiger partial charge >= 0.3 is 0 Å². The zero-order valence-electron chi connectivity index (χ0n) is 15.4. The van der Waals surface area contributed by atoms with Gasteiger partial charge in [0.05, 0.1) is 18.8 Å². The molecule has 5 heteroatoms. The fourth-order valence-electron chi connectivity index (χ4n) is 4.60. The molecule has 1 aromatic carbocycles. The van der Waals surface area contributed by atoms with Crippen molar-refractivity contribution in [2.24, 2.45) is 0 Å². The molecule has 1 aliphatic carbocycles. The van der Waals surface area contributed by atoms with Crippen LogP contribution in [0.5, 0.6) is 0 Å². The number of carbonyl (C=O) groups is 1. The maximum absolute atomic E-state index is 13.2. The van der Waals surface area contributed by atoms with Crippen LogP contribution in [0.3, 0.4) is 0 Å². The molecule has 0 radical (unpaired) electrons. The highest BCUT2D eigenvalue weighted by Gasteiger charge is 2.51. The fourth-order valence-corrected chi connectivity index (χ4v) is 4.60. The van der Waals surface area contributed by atoms with Gasteiger partial charge < -0.3 is 9.64 Å². The SMILES string of the molecule is CN(C)C1(C(=O)N2CC3OCCN(Cc4ccccc4)C3C2)CCC1. The second-order valence-electron chi connectivity index (χ2n) is 7.92. The Balaban J connectivity index is 1.46. The molecule has 136 valence electrons. The van der Waals surface area contributed by atoms with E-state index in [2.05, 4.69) is 45.0 Å². The highest BCUT2D eigenvalue weighted by atomic mass is 16.5. The van der Waals surface area contributed by atoms with Gasteiger partial charge in [-0.05, 0) is 38.9 Å². The summed E-state index contributed by atoms with van der Waals surface area (Å²) in [5.41, 5.74) is 1.06. The topological polar surface area (TPSA) is 36.0 Å². The van der Waals surface area contributed by atoms with E-state index in [4.69, 9.17) is 4.74 Å². The molecule has 2 aliphatic heterocycles. The molecular weight excluding hydrogens is 314 g/mol. The number of likely N-dealkylation sites (N-methyl/N-ethyl adjacent to an activating group) is 1. The predicted molar refractivity (Wildman–Crippen MR) is 97.2 cm³/mol. The number of amides is 1. The number of ether oxygens (including phenoxy) is 1. The third-order valence-corrected chi connectivity index (χ3v) is 6.37. The Morgan fingerprint density at radius 3 is 2.64 bits per heavy atom. The third kappa shape index (κ3) is 2.98. The zero-order valence-corrected chi connectivity index (χ0v) is 15.4. The van der Waals surface area contributed by atoms with Crippen molar-refractivity contribution in [3.63, 3.8) is 0 Å². The molecule has 3 fully saturated rings. The third-order valence-electron chi connectivity index (χ3n) is 6.37. The Kier molecular flexibility index (Phi) is 4.56. The molecule has 2 atom stereocenters. The van der Waals surface area contributed by atoms with Crippen LogP contribution < -0.4 is 0 Å². The van der Waals surface area contributed by atoms with Gasteiger partial charge in [-0.15, -0.1) is 0 Å². The fraction of sp³-hybridized carbons (Fsp3) is 0.650. The predicted octanol–water partition coefficient (Wildman–Crippen LogP) is 1.58. The molecule has 0 N–H and O–H groups in total. The first-order valence-corrected chi connectivity index (χ1v) is 9.46. The Labute approximate surface area is 150 Å². The molecule has 0 spiro atoms. The van der Waals surface area contributed by atoms with E-state index in [1.807, 2.05) is 14.1 Å². The molecule has 0 bridgehead atoms. The first-order valence-electron chi connectivity index (χ1n) is 9.46. The van der Waals surface area contributed by atoms with Crippen molar-refractivity contribution in [3.05, 3.63) is 35.9 Å². The van der Waals surface area contributed by atoms with Crippen LogP contribution in [-0.2, 0) is 16.1 Å². The number of carbonyl (C=O) groups excluding carboxylic acids is 1. The Morgan fingerprint density at radius 2 is 2.00 bits per heavy atom. The van der Waals surface area contributed by atoms with Crippen molar-refractivity contribution < 1.29 is 9.53 Å². The molecule has 1 amide bonds. The van der Waals surface area contributed by atoms with Gasteiger partial charge in [0.1, 0.15) is 5.54 Å². The largest absolute Gasteiger partial charge is 0.373 e. The molecule has 2 heterocycles. The monoisotopic (exact) mass is 343 g/mol. The van der Waals surface area contributed by atoms with E-state index in [0.29, 0.717) is 11.9 Å². The molecule has 0 aromatic heterocycles. The van der Waals surface area contributed by atoms with Gasteiger partial charge in [0.25, 0.3) is 0 Å². The van der Waals surface area contributed by atoms with Crippen molar-refractivity contribution in [2.45, 2.75) is 43.5 Å². The number of fused-ring (bicyclic) bond motifs is 1. The molecule has 1 saturated carbocycles. The number of hydrogen-bond donors (Lipinski definition) is 0. The van der Waals surface area contributed by atoms with Gasteiger partial charge in [0.2, 0.25) is 5.91 Å². The molecule has 1 aromatic rings. The first kappa shape index (κ1) is 17.0. The van der Waals surface area contributed by atoms with Crippen LogP contribution in [0.15, 0.2) is 30.3 Å². The lowest BCUT2D eigenvalue weighted by Gasteiger charge is -2.47. The molecule has 4 rings (SSSR count). The number of hydrogen-bond acceptors (Lipinski definition) is 4. The number of likely N-dealkylation sites (tertiary alicyclic amines) is 1. The number of benzene rings is 1. The number of nitrogens with zero attached hydrogens (tertiary/aromatic N) is 3. The van der Waals surface area contributed by atoms with Crippen LogP contribution >= 0.6 is 0 Å². The summed E-state index contributed by atoms with van der Waals surface area (Å²) in [6.45, 7) is 4.17. The minimum Gasteiger partial charge on any atom is -0.373 e. The maximum Gasteiger partial charge on any atom is 0.243 e. The van der Waals surface area contributed by atoms with Crippen molar-refractivity contribution in [3.8, 4) is 0 Å². The van der Waals surface area contributed by atoms with E-state index in [1.165, 1.54) is 5.56 Å². The lowest BCUT2D eigenvalue weighted by Crippen LogP contribution is -2.61. The van der Waals surface area contributed by atoms with E-state index >= 15 is 0 Å². The van der Waals surface area contributed by atoms with Crippen molar-refractivity contribution in [1.82, 2.24) is 14.7 Å². The maximum atomic E-state index is 13.2. The van der Waals surface area contributed by atoms with Crippen LogP contribution in [0.25, 0.3) is 0 Å². The van der Waals surface area contributed by atoms with E-state index in [-0.39, 0.29) is 11.6 Å². The van der Waals surface area contributed by atoms with E-state index in [0.717, 1.165) is 52.0 Å². The second-order valence-corrected chi connectivity index (χ2v) is 7.92. The highest BCUT2D eigenvalue weighted by Crippen LogP contribution is 2.39. The summed E-state index contributed by atoms with van der Waals surface area (Å²) in [7, 11) is 4.08. The van der Waals surface area contributed by atoms with E-state index in [1.54, 1.807) is 0 Å². The molecule has 25 heavy (non-hydrogen) atoms. The summed E-state index contributed by atoms with van der Waals surface area (Å²) in [6.07, 6.45) is 3.28. The lowest BCUT2D eigenvalue weighted by molar-refractivity contribution is -0.148. The van der Waals surface area contributed by atoms with Gasteiger partial charge in [-0.2, -0.15) is 0 Å². The smallest absolute Gasteiger partial charge is 0.243 e. The summed E-state index contributed by atoms with van der Waals surface area (Å²) in [5, 5.41) is 0. The Morgan fingerprint density at radius 1 is 1.24 bits per heavy atom. The van der Waals surface area contributed by atoms with Gasteiger partial charge in [-0.25, -0.2) is 0 Å². The van der Waals surface area contributed by atoms with Crippen LogP contribution in [0.2, 0.25) is 0 Å². The summed E-state index contributed by atoms with van der Waals surface area (Å²) in [4.78, 5) is 19.9. The molecule has 2 unspecified atom stereocenters. The molecule has 3 aliphatic rings. The quantitative estimate of drug-likeness (QED) is 0.832. The summed E-state index contributed by atoms with van der Waals surface area (Å²) in [5.74, 6) is 0.307. The number of morpholine rings is 1. The van der Waals surface area contributed by atoms with E-state index in [9.17, 15) is 4.79 Å². The van der Waals surface area contributed by atoms with Gasteiger partial charge in [0.15, 0.2) is 0 Å². The van der Waals surface area contributed by atoms with Crippen LogP contribution in [-0.4, -0.2) is 78.6 Å². The lowest BCUT2D eigenvalue weighted by atomic mass is 9.74. The Hall–Kier alpha value is -1.43. The summed E-state index contributed by atoms with van der Waals surface area (Å²) in [6, 6.07) is 10.9. The highest BCUT2D eigenvalue weighted by molar-refractivity contribution is 5.87. The van der Waals surface area contributed by atoms with Crippen molar-refractivity contribution in [2.75, 3.05) is 40.3 Å². The second kappa shape index (κ2) is 6.71. The minimum absolute atomic E-state index is 0.153. The molecule has 5 nitrogen and oxygen atoms in total. The normalized spacial score (nSPS) is 28.7. The van der Waals surface area contributed by atoms with Crippen LogP contribution in [0, 0.1) is 0 Å². The van der Waals surface area contributed by atoms with Crippen LogP contribution in [0.4, 0.5) is 0 Å². The van der Waals surface area contributed by atoms with Crippen molar-refractivity contribution in [1.29, 1.82) is 0 Å². The first-order chi connectivity index (χ1) is 12.1. The molecule has 2 saturated heterocycles. The average molecular weight is 343 g/mol. The van der Waals surface area contributed by atoms with Gasteiger partial charge in [-0.1, -0.05) is 30.3 Å².